The molecule has 0 saturated carbocycles. The molecule has 0 atom stereocenters. The molecular formula is C18H17BrO3. The van der Waals surface area contributed by atoms with Gasteiger partial charge in [-0.05, 0) is 58.6 Å². The topological polar surface area (TPSA) is 35.5 Å². The molecule has 0 saturated heterocycles. The Balaban J connectivity index is 1.97. The molecule has 4 heteroatoms. The van der Waals surface area contributed by atoms with Crippen molar-refractivity contribution < 1.29 is 14.3 Å². The van der Waals surface area contributed by atoms with Crippen LogP contribution in [0.15, 0.2) is 59.6 Å². The molecule has 0 aliphatic carbocycles. The van der Waals surface area contributed by atoms with Crippen molar-refractivity contribution in [3.8, 4) is 11.5 Å². The third-order valence-corrected chi connectivity index (χ3v) is 3.61. The number of benzene rings is 2. The molecule has 0 amide bonds. The highest BCUT2D eigenvalue weighted by Crippen LogP contribution is 2.26. The van der Waals surface area contributed by atoms with Crippen LogP contribution < -0.4 is 9.47 Å². The summed E-state index contributed by atoms with van der Waals surface area (Å²) in [6, 6.07) is 13.1. The Hall–Kier alpha value is -2.07. The van der Waals surface area contributed by atoms with Crippen molar-refractivity contribution in [1.82, 2.24) is 0 Å². The molecule has 0 unspecified atom stereocenters. The number of hydrogen-bond acceptors (Lipinski definition) is 3. The van der Waals surface area contributed by atoms with Gasteiger partial charge in [-0.3, -0.25) is 0 Å². The third-order valence-electron chi connectivity index (χ3n) is 2.99. The van der Waals surface area contributed by atoms with Gasteiger partial charge in [-0.25, -0.2) is 4.79 Å². The van der Waals surface area contributed by atoms with Gasteiger partial charge in [0.2, 0.25) is 0 Å². The number of carbonyl (C=O) groups is 1. The predicted octanol–water partition coefficient (Wildman–Crippen LogP) is 4.47. The molecule has 0 radical (unpaired) electrons. The van der Waals surface area contributed by atoms with Crippen LogP contribution in [-0.2, 0) is 11.2 Å². The normalized spacial score (nSPS) is 10.1. The van der Waals surface area contributed by atoms with Gasteiger partial charge in [0.05, 0.1) is 4.47 Å². The lowest BCUT2D eigenvalue weighted by atomic mass is 10.1. The van der Waals surface area contributed by atoms with E-state index in [4.69, 9.17) is 9.47 Å². The van der Waals surface area contributed by atoms with E-state index in [-0.39, 0.29) is 6.61 Å². The minimum Gasteiger partial charge on any atom is -0.482 e. The van der Waals surface area contributed by atoms with E-state index >= 15 is 0 Å². The first-order valence-electron chi connectivity index (χ1n) is 6.88. The van der Waals surface area contributed by atoms with Crippen molar-refractivity contribution in [3.05, 3.63) is 70.7 Å². The van der Waals surface area contributed by atoms with Gasteiger partial charge in [-0.1, -0.05) is 30.3 Å². The van der Waals surface area contributed by atoms with Crippen LogP contribution in [0.2, 0.25) is 0 Å². The van der Waals surface area contributed by atoms with Gasteiger partial charge >= 0.3 is 5.97 Å². The van der Waals surface area contributed by atoms with Gasteiger partial charge in [0.15, 0.2) is 6.61 Å². The van der Waals surface area contributed by atoms with Crippen LogP contribution in [0, 0.1) is 6.92 Å². The average Bonchev–Trinajstić information content (AvgIpc) is 2.49. The van der Waals surface area contributed by atoms with Gasteiger partial charge in [-0.15, -0.1) is 6.58 Å². The number of halogens is 1. The SMILES string of the molecule is C=CCc1ccccc1OCC(=O)Oc1ccc(C)cc1Br. The number of allylic oxidation sites excluding steroid dienone is 1. The standard InChI is InChI=1S/C18H17BrO3/c1-3-6-14-7-4-5-8-16(14)21-12-18(20)22-17-10-9-13(2)11-15(17)19/h3-5,7-11H,1,6,12H2,2H3. The maximum Gasteiger partial charge on any atom is 0.349 e. The Kier molecular flexibility index (Phi) is 5.78. The smallest absolute Gasteiger partial charge is 0.349 e. The van der Waals surface area contributed by atoms with E-state index in [9.17, 15) is 4.79 Å². The lowest BCUT2D eigenvalue weighted by molar-refractivity contribution is -0.136. The first-order valence-corrected chi connectivity index (χ1v) is 7.68. The third kappa shape index (κ3) is 4.46. The maximum atomic E-state index is 11.9. The highest BCUT2D eigenvalue weighted by molar-refractivity contribution is 9.10. The van der Waals surface area contributed by atoms with Gasteiger partial charge in [0, 0.05) is 0 Å². The fraction of sp³-hybridized carbons (Fsp3) is 0.167. The summed E-state index contributed by atoms with van der Waals surface area (Å²) in [5.41, 5.74) is 2.07. The minimum absolute atomic E-state index is 0.144. The number of aryl methyl sites for hydroxylation is 1. The second-order valence-corrected chi connectivity index (χ2v) is 5.65. The summed E-state index contributed by atoms with van der Waals surface area (Å²) >= 11 is 3.37. The van der Waals surface area contributed by atoms with E-state index in [2.05, 4.69) is 22.5 Å². The van der Waals surface area contributed by atoms with Crippen LogP contribution in [-0.4, -0.2) is 12.6 Å². The molecule has 0 bridgehead atoms. The fourth-order valence-electron chi connectivity index (χ4n) is 1.95. The number of carbonyl (C=O) groups excluding carboxylic acids is 1. The van der Waals surface area contributed by atoms with E-state index in [0.29, 0.717) is 17.9 Å². The van der Waals surface area contributed by atoms with E-state index in [1.165, 1.54) is 0 Å². The van der Waals surface area contributed by atoms with E-state index < -0.39 is 5.97 Å². The van der Waals surface area contributed by atoms with Crippen molar-refractivity contribution in [2.45, 2.75) is 13.3 Å². The van der Waals surface area contributed by atoms with Crippen LogP contribution in [0.1, 0.15) is 11.1 Å². The lowest BCUT2D eigenvalue weighted by Crippen LogP contribution is -2.18. The zero-order valence-corrected chi connectivity index (χ0v) is 13.9. The van der Waals surface area contributed by atoms with Crippen molar-refractivity contribution >= 4 is 21.9 Å². The largest absolute Gasteiger partial charge is 0.482 e. The van der Waals surface area contributed by atoms with Crippen LogP contribution >= 0.6 is 15.9 Å². The number of hydrogen-bond donors (Lipinski definition) is 0. The molecule has 0 fully saturated rings. The van der Waals surface area contributed by atoms with Crippen molar-refractivity contribution in [3.63, 3.8) is 0 Å². The molecular weight excluding hydrogens is 344 g/mol. The highest BCUT2D eigenvalue weighted by Gasteiger charge is 2.10. The maximum absolute atomic E-state index is 11.9. The molecule has 3 nitrogen and oxygen atoms in total. The molecule has 2 rings (SSSR count). The van der Waals surface area contributed by atoms with Crippen molar-refractivity contribution in [2.24, 2.45) is 0 Å². The highest BCUT2D eigenvalue weighted by atomic mass is 79.9. The summed E-state index contributed by atoms with van der Waals surface area (Å²) < 4.78 is 11.6. The van der Waals surface area contributed by atoms with Crippen molar-refractivity contribution in [1.29, 1.82) is 0 Å². The second kappa shape index (κ2) is 7.80. The van der Waals surface area contributed by atoms with E-state index in [0.717, 1.165) is 15.6 Å². The molecule has 0 spiro atoms. The van der Waals surface area contributed by atoms with E-state index in [1.54, 1.807) is 12.1 Å². The Morgan fingerprint density at radius 3 is 2.73 bits per heavy atom. The minimum atomic E-state index is -0.446. The predicted molar refractivity (Wildman–Crippen MR) is 90.4 cm³/mol. The number of rotatable bonds is 6. The van der Waals surface area contributed by atoms with Gasteiger partial charge in [0.1, 0.15) is 11.5 Å². The molecule has 114 valence electrons. The monoisotopic (exact) mass is 360 g/mol. The second-order valence-electron chi connectivity index (χ2n) is 4.80. The Morgan fingerprint density at radius 2 is 2.00 bits per heavy atom. The summed E-state index contributed by atoms with van der Waals surface area (Å²) in [5.74, 6) is 0.707. The van der Waals surface area contributed by atoms with Crippen LogP contribution in [0.25, 0.3) is 0 Å². The van der Waals surface area contributed by atoms with Gasteiger partial charge < -0.3 is 9.47 Å². The first kappa shape index (κ1) is 16.3. The number of para-hydroxylation sites is 1. The Bertz CT molecular complexity index is 680. The molecule has 0 N–H and O–H groups in total. The lowest BCUT2D eigenvalue weighted by Gasteiger charge is -2.11. The molecule has 0 heterocycles. The van der Waals surface area contributed by atoms with Gasteiger partial charge in [-0.2, -0.15) is 0 Å². The molecule has 0 aliphatic heterocycles. The average molecular weight is 361 g/mol. The van der Waals surface area contributed by atoms with Crippen LogP contribution in [0.4, 0.5) is 0 Å². The van der Waals surface area contributed by atoms with Gasteiger partial charge in [0.25, 0.3) is 0 Å². The first-order chi connectivity index (χ1) is 10.6. The molecule has 22 heavy (non-hydrogen) atoms. The van der Waals surface area contributed by atoms with E-state index in [1.807, 2.05) is 43.3 Å². The van der Waals surface area contributed by atoms with Crippen LogP contribution in [0.5, 0.6) is 11.5 Å². The van der Waals surface area contributed by atoms with Crippen LogP contribution in [0.3, 0.4) is 0 Å². The zero-order valence-electron chi connectivity index (χ0n) is 12.3. The Morgan fingerprint density at radius 1 is 1.23 bits per heavy atom. The van der Waals surface area contributed by atoms with Crippen molar-refractivity contribution in [2.75, 3.05) is 6.61 Å². The fourth-order valence-corrected chi connectivity index (χ4v) is 2.52. The number of esters is 1. The summed E-state index contributed by atoms with van der Waals surface area (Å²) in [7, 11) is 0. The summed E-state index contributed by atoms with van der Waals surface area (Å²) in [6.07, 6.45) is 2.48. The quantitative estimate of drug-likeness (QED) is 0.433. The molecule has 0 aromatic heterocycles. The summed E-state index contributed by atoms with van der Waals surface area (Å²) in [4.78, 5) is 11.9. The summed E-state index contributed by atoms with van der Waals surface area (Å²) in [6.45, 7) is 5.54. The molecule has 2 aromatic rings. The number of ether oxygens (including phenoxy) is 2. The molecule has 0 aliphatic rings. The molecule has 2 aromatic carbocycles. The Labute approximate surface area is 138 Å². The summed E-state index contributed by atoms with van der Waals surface area (Å²) in [5, 5.41) is 0. The zero-order chi connectivity index (χ0) is 15.9.